The summed E-state index contributed by atoms with van der Waals surface area (Å²) in [5, 5.41) is 5.46. The van der Waals surface area contributed by atoms with E-state index < -0.39 is 51.8 Å². The van der Waals surface area contributed by atoms with Crippen molar-refractivity contribution in [2.75, 3.05) is 6.54 Å². The number of nitrogens with one attached hydrogen (secondary N) is 2. The molecule has 1 heterocycles. The zero-order valence-electron chi connectivity index (χ0n) is 25.5. The fourth-order valence-electron chi connectivity index (χ4n) is 6.05. The molecule has 2 N–H and O–H groups in total. The van der Waals surface area contributed by atoms with E-state index in [1.807, 2.05) is 6.08 Å². The average Bonchev–Trinajstić information content (AvgIpc) is 3.28. The van der Waals surface area contributed by atoms with Crippen LogP contribution in [0.25, 0.3) is 0 Å². The second kappa shape index (κ2) is 15.2. The number of carbonyl (C=O) groups excluding carboxylic acids is 4. The zero-order chi connectivity index (χ0) is 32.6. The minimum Gasteiger partial charge on any atom is -0.446 e. The van der Waals surface area contributed by atoms with E-state index in [0.29, 0.717) is 24.6 Å². The van der Waals surface area contributed by atoms with Crippen molar-refractivity contribution in [1.29, 1.82) is 0 Å². The van der Waals surface area contributed by atoms with Gasteiger partial charge in [0.1, 0.15) is 37.9 Å². The molecular weight excluding hydrogens is 597 g/mol. The summed E-state index contributed by atoms with van der Waals surface area (Å²) in [5.41, 5.74) is -0.754. The molecular formula is C32H42BN3O8S. The van der Waals surface area contributed by atoms with Gasteiger partial charge in [-0.25, -0.2) is 4.79 Å². The highest BCUT2D eigenvalue weighted by atomic mass is 32.2. The monoisotopic (exact) mass is 639 g/mol. The maximum absolute atomic E-state index is 14.1. The second-order valence-corrected chi connectivity index (χ2v) is 13.7. The molecule has 1 aliphatic heterocycles. The Bertz CT molecular complexity index is 1360. The van der Waals surface area contributed by atoms with Crippen LogP contribution in [0.4, 0.5) is 4.79 Å². The molecule has 13 heteroatoms. The fraction of sp³-hybridized carbons (Fsp3) is 0.562. The molecule has 5 atom stereocenters. The van der Waals surface area contributed by atoms with Gasteiger partial charge in [-0.2, -0.15) is 8.42 Å². The molecule has 45 heavy (non-hydrogen) atoms. The average molecular weight is 640 g/mol. The Labute approximate surface area is 266 Å². The molecule has 3 aliphatic rings. The largest absolute Gasteiger partial charge is 0.446 e. The van der Waals surface area contributed by atoms with Crippen LogP contribution in [0.15, 0.2) is 54.5 Å². The first-order chi connectivity index (χ1) is 21.5. The molecule has 3 fully saturated rings. The van der Waals surface area contributed by atoms with Crippen molar-refractivity contribution < 1.29 is 36.5 Å². The summed E-state index contributed by atoms with van der Waals surface area (Å²) >= 11 is 0. The fourth-order valence-corrected chi connectivity index (χ4v) is 7.13. The molecule has 0 aromatic heterocycles. The molecule has 2 saturated carbocycles. The van der Waals surface area contributed by atoms with Crippen molar-refractivity contribution in [1.82, 2.24) is 15.5 Å². The summed E-state index contributed by atoms with van der Waals surface area (Å²) < 4.78 is 37.3. The number of rotatable bonds is 16. The number of nitrogens with zero attached hydrogens (tertiary/aromatic N) is 1. The molecule has 1 aromatic rings. The maximum Gasteiger partial charge on any atom is 0.408 e. The maximum atomic E-state index is 14.1. The molecule has 0 bridgehead atoms. The number of hydrogen-bond acceptors (Lipinski definition) is 8. The van der Waals surface area contributed by atoms with Gasteiger partial charge in [-0.1, -0.05) is 42.6 Å². The van der Waals surface area contributed by atoms with Crippen molar-refractivity contribution in [3.8, 4) is 0 Å². The minimum absolute atomic E-state index is 0.122. The van der Waals surface area contributed by atoms with Crippen molar-refractivity contribution in [2.45, 2.75) is 105 Å². The SMILES string of the molecule is [B]c1ccc(S(=O)(=O)O[C@H]2C[C@@H](C(=O)N[C@]3(C=O)C[C@H]3C=C)N(C(=O)[C@H](CCCCCC=C)NC(=O)OC3CCCC3)C2)cc1. The third kappa shape index (κ3) is 8.85. The van der Waals surface area contributed by atoms with E-state index in [1.54, 1.807) is 6.08 Å². The van der Waals surface area contributed by atoms with Gasteiger partial charge in [0.15, 0.2) is 0 Å². The molecule has 2 radical (unpaired) electrons. The summed E-state index contributed by atoms with van der Waals surface area (Å²) in [7, 11) is 1.42. The first-order valence-corrected chi connectivity index (χ1v) is 17.0. The van der Waals surface area contributed by atoms with Crippen LogP contribution in [-0.2, 0) is 33.4 Å². The van der Waals surface area contributed by atoms with E-state index in [4.69, 9.17) is 16.8 Å². The summed E-state index contributed by atoms with van der Waals surface area (Å²) in [6.07, 6.45) is 9.10. The van der Waals surface area contributed by atoms with Crippen LogP contribution >= 0.6 is 0 Å². The second-order valence-electron chi connectivity index (χ2n) is 12.1. The summed E-state index contributed by atoms with van der Waals surface area (Å²) in [6, 6.07) is 3.31. The topological polar surface area (TPSA) is 148 Å². The normalized spacial score (nSPS) is 25.2. The number of benzene rings is 1. The van der Waals surface area contributed by atoms with E-state index in [1.165, 1.54) is 29.2 Å². The highest BCUT2D eigenvalue weighted by Crippen LogP contribution is 2.43. The molecule has 0 unspecified atom stereocenters. The van der Waals surface area contributed by atoms with Gasteiger partial charge in [-0.15, -0.1) is 13.2 Å². The van der Waals surface area contributed by atoms with E-state index in [0.717, 1.165) is 44.9 Å². The molecule has 11 nitrogen and oxygen atoms in total. The Hall–Kier alpha value is -3.45. The smallest absolute Gasteiger partial charge is 0.408 e. The van der Waals surface area contributed by atoms with Crippen LogP contribution in [0, 0.1) is 5.92 Å². The molecule has 242 valence electrons. The number of aldehydes is 1. The van der Waals surface area contributed by atoms with Gasteiger partial charge in [0.05, 0.1) is 11.0 Å². The number of hydrogen-bond donors (Lipinski definition) is 2. The van der Waals surface area contributed by atoms with Crippen LogP contribution in [-0.4, -0.2) is 81.7 Å². The molecule has 1 saturated heterocycles. The molecule has 3 amide bonds. The minimum atomic E-state index is -4.27. The number of likely N-dealkylation sites (tertiary alicyclic amines) is 1. The van der Waals surface area contributed by atoms with Crippen molar-refractivity contribution in [3.63, 3.8) is 0 Å². The van der Waals surface area contributed by atoms with Crippen molar-refractivity contribution in [3.05, 3.63) is 49.6 Å². The summed E-state index contributed by atoms with van der Waals surface area (Å²) in [6.45, 7) is 7.21. The third-order valence-electron chi connectivity index (χ3n) is 8.76. The molecule has 2 aliphatic carbocycles. The lowest BCUT2D eigenvalue weighted by atomic mass is 9.97. The number of amides is 3. The van der Waals surface area contributed by atoms with E-state index in [-0.39, 0.29) is 36.3 Å². The number of allylic oxidation sites excluding steroid dienone is 1. The Balaban J connectivity index is 1.54. The Morgan fingerprint density at radius 1 is 1.09 bits per heavy atom. The highest BCUT2D eigenvalue weighted by Gasteiger charge is 2.55. The lowest BCUT2D eigenvalue weighted by Crippen LogP contribution is -2.55. The lowest BCUT2D eigenvalue weighted by Gasteiger charge is -2.29. The third-order valence-corrected chi connectivity index (χ3v) is 10.1. The molecule has 4 rings (SSSR count). The summed E-state index contributed by atoms with van der Waals surface area (Å²) in [4.78, 5) is 53.6. The molecule has 0 spiro atoms. The first kappa shape index (κ1) is 34.4. The first-order valence-electron chi connectivity index (χ1n) is 15.6. The molecule has 1 aromatic carbocycles. The number of carbonyl (C=O) groups is 4. The predicted octanol–water partition coefficient (Wildman–Crippen LogP) is 2.59. The van der Waals surface area contributed by atoms with Crippen LogP contribution < -0.4 is 16.1 Å². The Kier molecular flexibility index (Phi) is 11.6. The Morgan fingerprint density at radius 3 is 2.42 bits per heavy atom. The van der Waals surface area contributed by atoms with Crippen LogP contribution in [0.1, 0.15) is 70.6 Å². The highest BCUT2D eigenvalue weighted by molar-refractivity contribution is 7.86. The Morgan fingerprint density at radius 2 is 1.80 bits per heavy atom. The van der Waals surface area contributed by atoms with Crippen LogP contribution in [0.5, 0.6) is 0 Å². The zero-order valence-corrected chi connectivity index (χ0v) is 26.3. The van der Waals surface area contributed by atoms with Gasteiger partial charge in [0.2, 0.25) is 11.8 Å². The van der Waals surface area contributed by atoms with Gasteiger partial charge >= 0.3 is 6.09 Å². The quantitative estimate of drug-likeness (QED) is 0.0923. The van der Waals surface area contributed by atoms with Gasteiger partial charge in [-0.05, 0) is 63.5 Å². The standard InChI is InChI=1S/C32H42BN3O8S/c1-3-5-6-7-8-13-27(34-31(40)43-24-11-9-10-12-24)30(39)36-20-25(44-45(41,42)26-16-14-23(33)15-17-26)18-28(36)29(38)35-32(21-37)19-22(32)4-2/h3-4,14-17,21-22,24-25,27-28H,1-2,5-13,18-20H2,(H,34,40)(H,35,38)/t22-,25+,27+,28+,32+/m1/s1. The van der Waals surface area contributed by atoms with E-state index >= 15 is 0 Å². The van der Waals surface area contributed by atoms with Crippen molar-refractivity contribution in [2.24, 2.45) is 5.92 Å². The van der Waals surface area contributed by atoms with E-state index in [2.05, 4.69) is 23.8 Å². The number of unbranched alkanes of at least 4 members (excludes halogenated alkanes) is 3. The van der Waals surface area contributed by atoms with Gasteiger partial charge in [0.25, 0.3) is 10.1 Å². The number of ether oxygens (including phenoxy) is 1. The van der Waals surface area contributed by atoms with Crippen molar-refractivity contribution >= 4 is 47.6 Å². The summed E-state index contributed by atoms with van der Waals surface area (Å²) in [5.74, 6) is -1.43. The predicted molar refractivity (Wildman–Crippen MR) is 168 cm³/mol. The van der Waals surface area contributed by atoms with Gasteiger partial charge in [0, 0.05) is 18.9 Å². The van der Waals surface area contributed by atoms with Crippen LogP contribution in [0.2, 0.25) is 0 Å². The lowest BCUT2D eigenvalue weighted by molar-refractivity contribution is -0.140. The van der Waals surface area contributed by atoms with Gasteiger partial charge in [-0.3, -0.25) is 13.8 Å². The van der Waals surface area contributed by atoms with Crippen LogP contribution in [0.3, 0.4) is 0 Å². The van der Waals surface area contributed by atoms with Gasteiger partial charge < -0.3 is 25.1 Å². The number of alkyl carbamates (subject to hydrolysis) is 1. The van der Waals surface area contributed by atoms with E-state index in [9.17, 15) is 27.6 Å².